The second kappa shape index (κ2) is 4.80. The minimum atomic E-state index is 0.234. The van der Waals surface area contributed by atoms with Crippen molar-refractivity contribution < 1.29 is 5.11 Å². The summed E-state index contributed by atoms with van der Waals surface area (Å²) in [4.78, 5) is 0. The number of hydrogen-bond acceptors (Lipinski definition) is 2. The highest BCUT2D eigenvalue weighted by Gasteiger charge is 1.97. The molecule has 0 bridgehead atoms. The van der Waals surface area contributed by atoms with Crippen molar-refractivity contribution in [3.05, 3.63) is 42.5 Å². The maximum absolute atomic E-state index is 8.72. The molecule has 0 unspecified atom stereocenters. The Morgan fingerprint density at radius 3 is 2.67 bits per heavy atom. The van der Waals surface area contributed by atoms with Crippen LogP contribution in [-0.2, 0) is 0 Å². The van der Waals surface area contributed by atoms with Crippen LogP contribution in [0.5, 0.6) is 0 Å². The minimum Gasteiger partial charge on any atom is -0.396 e. The number of fused-ring (bicyclic) bond motifs is 1. The Morgan fingerprint density at radius 1 is 1.00 bits per heavy atom. The number of hydrogen-bond donors (Lipinski definition) is 2. The molecule has 0 aliphatic rings. The van der Waals surface area contributed by atoms with E-state index in [0.717, 1.165) is 18.7 Å². The Hall–Kier alpha value is -1.54. The Morgan fingerprint density at radius 2 is 1.80 bits per heavy atom. The van der Waals surface area contributed by atoms with Crippen molar-refractivity contribution in [3.8, 4) is 0 Å². The quantitative estimate of drug-likeness (QED) is 0.745. The fourth-order valence-electron chi connectivity index (χ4n) is 1.68. The lowest BCUT2D eigenvalue weighted by Crippen LogP contribution is -2.03. The standard InChI is InChI=1S/C13H15NO/c15-10-4-9-14-13-8-3-6-11-5-1-2-7-12(11)13/h1-3,5-8,14-15H,4,9-10H2. The van der Waals surface area contributed by atoms with Gasteiger partial charge in [0.2, 0.25) is 0 Å². The first-order chi connectivity index (χ1) is 7.42. The van der Waals surface area contributed by atoms with Crippen LogP contribution in [-0.4, -0.2) is 18.3 Å². The Balaban J connectivity index is 2.26. The van der Waals surface area contributed by atoms with E-state index in [4.69, 9.17) is 5.11 Å². The molecule has 2 aromatic carbocycles. The number of aliphatic hydroxyl groups excluding tert-OH is 1. The molecule has 0 spiro atoms. The van der Waals surface area contributed by atoms with Crippen molar-refractivity contribution in [2.75, 3.05) is 18.5 Å². The molecule has 0 aliphatic carbocycles. The molecule has 15 heavy (non-hydrogen) atoms. The van der Waals surface area contributed by atoms with Crippen molar-refractivity contribution in [3.63, 3.8) is 0 Å². The number of benzene rings is 2. The molecule has 0 fully saturated rings. The van der Waals surface area contributed by atoms with Crippen LogP contribution in [0.1, 0.15) is 6.42 Å². The number of aliphatic hydroxyl groups is 1. The molecule has 0 aromatic heterocycles. The summed E-state index contributed by atoms with van der Waals surface area (Å²) in [7, 11) is 0. The first kappa shape index (κ1) is 9.99. The lowest BCUT2D eigenvalue weighted by molar-refractivity contribution is 0.292. The summed E-state index contributed by atoms with van der Waals surface area (Å²) < 4.78 is 0. The molecule has 0 amide bonds. The highest BCUT2D eigenvalue weighted by Crippen LogP contribution is 2.22. The van der Waals surface area contributed by atoms with E-state index >= 15 is 0 Å². The zero-order valence-electron chi connectivity index (χ0n) is 8.61. The van der Waals surface area contributed by atoms with Gasteiger partial charge < -0.3 is 10.4 Å². The molecule has 2 N–H and O–H groups in total. The van der Waals surface area contributed by atoms with Crippen molar-refractivity contribution in [1.29, 1.82) is 0 Å². The van der Waals surface area contributed by atoms with Gasteiger partial charge in [0.15, 0.2) is 0 Å². The molecule has 0 aliphatic heterocycles. The third kappa shape index (κ3) is 2.28. The van der Waals surface area contributed by atoms with Crippen molar-refractivity contribution in [2.24, 2.45) is 0 Å². The van der Waals surface area contributed by atoms with Crippen LogP contribution in [0.3, 0.4) is 0 Å². The SMILES string of the molecule is OCCCNc1cccc2ccccc12. The lowest BCUT2D eigenvalue weighted by Gasteiger charge is -2.08. The van der Waals surface area contributed by atoms with Gasteiger partial charge in [-0.2, -0.15) is 0 Å². The van der Waals surface area contributed by atoms with Gasteiger partial charge in [-0.15, -0.1) is 0 Å². The van der Waals surface area contributed by atoms with Crippen LogP contribution >= 0.6 is 0 Å². The smallest absolute Gasteiger partial charge is 0.0447 e. The maximum Gasteiger partial charge on any atom is 0.0447 e. The van der Waals surface area contributed by atoms with Gasteiger partial charge in [0.25, 0.3) is 0 Å². The second-order valence-corrected chi connectivity index (χ2v) is 3.53. The van der Waals surface area contributed by atoms with E-state index in [1.54, 1.807) is 0 Å². The van der Waals surface area contributed by atoms with E-state index < -0.39 is 0 Å². The summed E-state index contributed by atoms with van der Waals surface area (Å²) in [6.45, 7) is 1.04. The van der Waals surface area contributed by atoms with Crippen molar-refractivity contribution in [1.82, 2.24) is 0 Å². The van der Waals surface area contributed by atoms with Crippen LogP contribution in [0, 0.1) is 0 Å². The van der Waals surface area contributed by atoms with E-state index in [-0.39, 0.29) is 6.61 Å². The van der Waals surface area contributed by atoms with Crippen LogP contribution < -0.4 is 5.32 Å². The Kier molecular flexibility index (Phi) is 3.20. The highest BCUT2D eigenvalue weighted by molar-refractivity contribution is 5.93. The van der Waals surface area contributed by atoms with Crippen LogP contribution in [0.4, 0.5) is 5.69 Å². The zero-order chi connectivity index (χ0) is 10.5. The summed E-state index contributed by atoms with van der Waals surface area (Å²) in [5, 5.41) is 14.5. The molecule has 78 valence electrons. The monoisotopic (exact) mass is 201 g/mol. The van der Waals surface area contributed by atoms with Crippen molar-refractivity contribution >= 4 is 16.5 Å². The molecule has 0 saturated carbocycles. The normalized spacial score (nSPS) is 10.5. The highest BCUT2D eigenvalue weighted by atomic mass is 16.3. The van der Waals surface area contributed by atoms with E-state index in [1.807, 2.05) is 18.2 Å². The molecule has 0 saturated heterocycles. The fourth-order valence-corrected chi connectivity index (χ4v) is 1.68. The fraction of sp³-hybridized carbons (Fsp3) is 0.231. The van der Waals surface area contributed by atoms with Gasteiger partial charge in [-0.05, 0) is 17.9 Å². The average Bonchev–Trinajstić information content (AvgIpc) is 2.30. The van der Waals surface area contributed by atoms with E-state index in [1.165, 1.54) is 10.8 Å². The first-order valence-corrected chi connectivity index (χ1v) is 5.24. The zero-order valence-corrected chi connectivity index (χ0v) is 8.61. The van der Waals surface area contributed by atoms with Gasteiger partial charge in [0.05, 0.1) is 0 Å². The summed E-state index contributed by atoms with van der Waals surface area (Å²) in [6, 6.07) is 14.5. The minimum absolute atomic E-state index is 0.234. The van der Waals surface area contributed by atoms with Gasteiger partial charge in [0, 0.05) is 24.2 Å². The number of nitrogens with one attached hydrogen (secondary N) is 1. The maximum atomic E-state index is 8.72. The summed E-state index contributed by atoms with van der Waals surface area (Å²) in [5.74, 6) is 0. The lowest BCUT2D eigenvalue weighted by atomic mass is 10.1. The summed E-state index contributed by atoms with van der Waals surface area (Å²) >= 11 is 0. The molecule has 2 aromatic rings. The molecule has 2 heteroatoms. The van der Waals surface area contributed by atoms with Crippen LogP contribution in [0.25, 0.3) is 10.8 Å². The van der Waals surface area contributed by atoms with Gasteiger partial charge in [0.1, 0.15) is 0 Å². The Labute approximate surface area is 89.6 Å². The summed E-state index contributed by atoms with van der Waals surface area (Å²) in [6.07, 6.45) is 0.781. The van der Waals surface area contributed by atoms with E-state index in [9.17, 15) is 0 Å². The van der Waals surface area contributed by atoms with Crippen LogP contribution in [0.2, 0.25) is 0 Å². The summed E-state index contributed by atoms with van der Waals surface area (Å²) in [5.41, 5.74) is 1.14. The van der Waals surface area contributed by atoms with Crippen LogP contribution in [0.15, 0.2) is 42.5 Å². The Bertz CT molecular complexity index is 434. The van der Waals surface area contributed by atoms with E-state index in [0.29, 0.717) is 0 Å². The second-order valence-electron chi connectivity index (χ2n) is 3.53. The van der Waals surface area contributed by atoms with Gasteiger partial charge >= 0.3 is 0 Å². The molecular weight excluding hydrogens is 186 g/mol. The predicted molar refractivity (Wildman–Crippen MR) is 64.1 cm³/mol. The van der Waals surface area contributed by atoms with Crippen molar-refractivity contribution in [2.45, 2.75) is 6.42 Å². The molecule has 0 heterocycles. The van der Waals surface area contributed by atoms with Gasteiger partial charge in [-0.1, -0.05) is 36.4 Å². The molecule has 2 nitrogen and oxygen atoms in total. The van der Waals surface area contributed by atoms with Gasteiger partial charge in [-0.25, -0.2) is 0 Å². The average molecular weight is 201 g/mol. The molecule has 0 atom stereocenters. The molecular formula is C13H15NO. The topological polar surface area (TPSA) is 32.3 Å². The number of rotatable bonds is 4. The first-order valence-electron chi connectivity index (χ1n) is 5.24. The largest absolute Gasteiger partial charge is 0.396 e. The molecule has 2 rings (SSSR count). The van der Waals surface area contributed by atoms with Gasteiger partial charge in [-0.3, -0.25) is 0 Å². The number of anilines is 1. The predicted octanol–water partition coefficient (Wildman–Crippen LogP) is 2.63. The van der Waals surface area contributed by atoms with E-state index in [2.05, 4.69) is 29.6 Å². The third-order valence-corrected chi connectivity index (χ3v) is 2.44. The molecule has 0 radical (unpaired) electrons. The third-order valence-electron chi connectivity index (χ3n) is 2.44.